The Bertz CT molecular complexity index is 571. The van der Waals surface area contributed by atoms with Gasteiger partial charge in [0.1, 0.15) is 0 Å². The molecule has 0 spiro atoms. The molecule has 0 saturated carbocycles. The fourth-order valence-electron chi connectivity index (χ4n) is 1.33. The Labute approximate surface area is 108 Å². The van der Waals surface area contributed by atoms with Crippen LogP contribution in [0.5, 0.6) is 0 Å². The highest BCUT2D eigenvalue weighted by Crippen LogP contribution is 2.17. The molecule has 0 radical (unpaired) electrons. The molecular formula is C12H17N3O2S. The first-order chi connectivity index (χ1) is 8.48. The standard InChI is InChI=1S/C12H17N3O2S/c1-3-14-18(16,17)15-12-9-11(5-4-8-13)7-6-10(12)2/h6-7,9,14-15H,3,8,13H2,1-2H3. The lowest BCUT2D eigenvalue weighted by Gasteiger charge is -2.10. The molecule has 0 aliphatic heterocycles. The van der Waals surface area contributed by atoms with Crippen LogP contribution in [0.1, 0.15) is 18.1 Å². The Kier molecular flexibility index (Phi) is 5.16. The number of hydrogen-bond donors (Lipinski definition) is 3. The van der Waals surface area contributed by atoms with E-state index in [1.54, 1.807) is 13.0 Å². The van der Waals surface area contributed by atoms with Crippen LogP contribution in [0.2, 0.25) is 0 Å². The van der Waals surface area contributed by atoms with Crippen LogP contribution in [0.25, 0.3) is 0 Å². The van der Waals surface area contributed by atoms with Gasteiger partial charge < -0.3 is 5.73 Å². The molecule has 0 unspecified atom stereocenters. The van der Waals surface area contributed by atoms with Crippen molar-refractivity contribution in [2.75, 3.05) is 17.8 Å². The van der Waals surface area contributed by atoms with Gasteiger partial charge in [-0.05, 0) is 24.6 Å². The van der Waals surface area contributed by atoms with E-state index in [0.29, 0.717) is 12.2 Å². The van der Waals surface area contributed by atoms with Gasteiger partial charge in [0, 0.05) is 12.1 Å². The molecule has 1 aromatic rings. The van der Waals surface area contributed by atoms with E-state index in [4.69, 9.17) is 5.73 Å². The number of aryl methyl sites for hydroxylation is 1. The molecule has 1 rings (SSSR count). The lowest BCUT2D eigenvalue weighted by Crippen LogP contribution is -2.30. The van der Waals surface area contributed by atoms with E-state index in [9.17, 15) is 8.42 Å². The number of nitrogens with one attached hydrogen (secondary N) is 2. The topological polar surface area (TPSA) is 84.2 Å². The van der Waals surface area contributed by atoms with E-state index in [0.717, 1.165) is 11.1 Å². The van der Waals surface area contributed by atoms with E-state index in [-0.39, 0.29) is 6.54 Å². The summed E-state index contributed by atoms with van der Waals surface area (Å²) in [7, 11) is -3.52. The van der Waals surface area contributed by atoms with Crippen LogP contribution in [-0.4, -0.2) is 21.5 Å². The van der Waals surface area contributed by atoms with Gasteiger partial charge in [-0.25, -0.2) is 0 Å². The fourth-order valence-corrected chi connectivity index (χ4v) is 2.30. The summed E-state index contributed by atoms with van der Waals surface area (Å²) >= 11 is 0. The van der Waals surface area contributed by atoms with Crippen molar-refractivity contribution in [1.29, 1.82) is 0 Å². The van der Waals surface area contributed by atoms with Crippen LogP contribution in [0.4, 0.5) is 5.69 Å². The molecule has 0 aromatic heterocycles. The maximum Gasteiger partial charge on any atom is 0.299 e. The van der Waals surface area contributed by atoms with E-state index >= 15 is 0 Å². The maximum absolute atomic E-state index is 11.6. The minimum absolute atomic E-state index is 0.270. The molecule has 0 saturated heterocycles. The molecular weight excluding hydrogens is 250 g/mol. The number of rotatable bonds is 4. The highest BCUT2D eigenvalue weighted by atomic mass is 32.2. The Morgan fingerprint density at radius 3 is 2.72 bits per heavy atom. The number of anilines is 1. The number of benzene rings is 1. The molecule has 0 heterocycles. The van der Waals surface area contributed by atoms with Gasteiger partial charge in [0.15, 0.2) is 0 Å². The smallest absolute Gasteiger partial charge is 0.299 e. The third kappa shape index (κ3) is 4.37. The second kappa shape index (κ2) is 6.40. The molecule has 0 bridgehead atoms. The summed E-state index contributed by atoms with van der Waals surface area (Å²) in [6.07, 6.45) is 0. The van der Waals surface area contributed by atoms with Crippen molar-refractivity contribution < 1.29 is 8.42 Å². The van der Waals surface area contributed by atoms with Crippen LogP contribution in [-0.2, 0) is 10.2 Å². The van der Waals surface area contributed by atoms with Gasteiger partial charge in [-0.2, -0.15) is 13.1 Å². The predicted octanol–water partition coefficient (Wildman–Crippen LogP) is 0.571. The zero-order valence-corrected chi connectivity index (χ0v) is 11.3. The first-order valence-electron chi connectivity index (χ1n) is 5.55. The average Bonchev–Trinajstić information content (AvgIpc) is 2.29. The Hall–Kier alpha value is -1.55. The molecule has 0 aliphatic carbocycles. The van der Waals surface area contributed by atoms with Crippen molar-refractivity contribution >= 4 is 15.9 Å². The lowest BCUT2D eigenvalue weighted by atomic mass is 10.1. The van der Waals surface area contributed by atoms with Crippen molar-refractivity contribution in [2.45, 2.75) is 13.8 Å². The molecule has 1 aromatic carbocycles. The van der Waals surface area contributed by atoms with Crippen molar-refractivity contribution in [3.05, 3.63) is 29.3 Å². The summed E-state index contributed by atoms with van der Waals surface area (Å²) in [5.74, 6) is 5.58. The molecule has 0 atom stereocenters. The Balaban J connectivity index is 3.01. The summed E-state index contributed by atoms with van der Waals surface area (Å²) < 4.78 is 28.0. The highest BCUT2D eigenvalue weighted by Gasteiger charge is 2.09. The monoisotopic (exact) mass is 267 g/mol. The zero-order valence-electron chi connectivity index (χ0n) is 10.4. The van der Waals surface area contributed by atoms with Gasteiger partial charge >= 0.3 is 0 Å². The van der Waals surface area contributed by atoms with E-state index in [1.807, 2.05) is 19.1 Å². The second-order valence-corrected chi connectivity index (χ2v) is 5.14. The maximum atomic E-state index is 11.6. The van der Waals surface area contributed by atoms with Crippen molar-refractivity contribution in [1.82, 2.24) is 4.72 Å². The van der Waals surface area contributed by atoms with Gasteiger partial charge in [-0.3, -0.25) is 4.72 Å². The van der Waals surface area contributed by atoms with Gasteiger partial charge in [0.05, 0.1) is 12.2 Å². The van der Waals surface area contributed by atoms with Gasteiger partial charge in [0.2, 0.25) is 0 Å². The second-order valence-electron chi connectivity index (χ2n) is 3.64. The molecule has 0 amide bonds. The van der Waals surface area contributed by atoms with Crippen LogP contribution in [0, 0.1) is 18.8 Å². The molecule has 0 aliphatic rings. The molecule has 4 N–H and O–H groups in total. The molecule has 98 valence electrons. The number of nitrogens with two attached hydrogens (primary N) is 1. The van der Waals surface area contributed by atoms with Crippen molar-refractivity contribution in [2.24, 2.45) is 5.73 Å². The third-order valence-corrected chi connectivity index (χ3v) is 3.31. The Morgan fingerprint density at radius 1 is 1.39 bits per heavy atom. The third-order valence-electron chi connectivity index (χ3n) is 2.15. The molecule has 18 heavy (non-hydrogen) atoms. The van der Waals surface area contributed by atoms with E-state index in [1.165, 1.54) is 0 Å². The minimum Gasteiger partial charge on any atom is -0.320 e. The summed E-state index contributed by atoms with van der Waals surface area (Å²) in [6, 6.07) is 5.32. The zero-order chi connectivity index (χ0) is 13.6. The van der Waals surface area contributed by atoms with E-state index in [2.05, 4.69) is 21.3 Å². The van der Waals surface area contributed by atoms with E-state index < -0.39 is 10.2 Å². The summed E-state index contributed by atoms with van der Waals surface area (Å²) in [5, 5.41) is 0. The minimum atomic E-state index is -3.52. The lowest BCUT2D eigenvalue weighted by molar-refractivity contribution is 0.589. The van der Waals surface area contributed by atoms with Crippen LogP contribution < -0.4 is 15.2 Å². The first-order valence-corrected chi connectivity index (χ1v) is 7.04. The Morgan fingerprint density at radius 2 is 2.11 bits per heavy atom. The van der Waals surface area contributed by atoms with Crippen molar-refractivity contribution in [3.8, 4) is 11.8 Å². The quantitative estimate of drug-likeness (QED) is 0.697. The van der Waals surface area contributed by atoms with Gasteiger partial charge in [0.25, 0.3) is 10.2 Å². The molecule has 5 nitrogen and oxygen atoms in total. The van der Waals surface area contributed by atoms with Crippen molar-refractivity contribution in [3.63, 3.8) is 0 Å². The predicted molar refractivity (Wildman–Crippen MR) is 73.3 cm³/mol. The highest BCUT2D eigenvalue weighted by molar-refractivity contribution is 7.90. The molecule has 6 heteroatoms. The fraction of sp³-hybridized carbons (Fsp3) is 0.333. The van der Waals surface area contributed by atoms with Crippen LogP contribution in [0.15, 0.2) is 18.2 Å². The number of hydrogen-bond acceptors (Lipinski definition) is 3. The largest absolute Gasteiger partial charge is 0.320 e. The van der Waals surface area contributed by atoms with Gasteiger partial charge in [-0.15, -0.1) is 0 Å². The SMILES string of the molecule is CCNS(=O)(=O)Nc1cc(C#CCN)ccc1C. The average molecular weight is 267 g/mol. The summed E-state index contributed by atoms with van der Waals surface area (Å²) in [5.41, 5.74) is 7.36. The van der Waals surface area contributed by atoms with Crippen LogP contribution in [0.3, 0.4) is 0 Å². The normalized spacial score (nSPS) is 10.6. The summed E-state index contributed by atoms with van der Waals surface area (Å²) in [4.78, 5) is 0. The molecule has 0 fully saturated rings. The van der Waals surface area contributed by atoms with Crippen LogP contribution >= 0.6 is 0 Å². The van der Waals surface area contributed by atoms with Gasteiger partial charge in [-0.1, -0.05) is 24.8 Å². The summed E-state index contributed by atoms with van der Waals surface area (Å²) in [6.45, 7) is 4.15. The first kappa shape index (κ1) is 14.5.